The van der Waals surface area contributed by atoms with Gasteiger partial charge in [-0.3, -0.25) is 0 Å². The summed E-state index contributed by atoms with van der Waals surface area (Å²) in [7, 11) is 0. The smallest absolute Gasteiger partial charge is 0.241 e. The fourth-order valence-electron chi connectivity index (χ4n) is 1.15. The van der Waals surface area contributed by atoms with Crippen LogP contribution in [0.4, 0.5) is 8.78 Å². The van der Waals surface area contributed by atoms with Crippen LogP contribution in [0.5, 0.6) is 0 Å². The topological polar surface area (TPSA) is 20.2 Å². The third-order valence-electron chi connectivity index (χ3n) is 2.03. The van der Waals surface area contributed by atoms with Crippen LogP contribution < -0.4 is 0 Å². The van der Waals surface area contributed by atoms with Crippen LogP contribution in [0.3, 0.4) is 0 Å². The first-order valence-electron chi connectivity index (χ1n) is 3.14. The average Bonchev–Trinajstić information content (AvgIpc) is 1.61. The highest BCUT2D eigenvalue weighted by Crippen LogP contribution is 2.37. The van der Waals surface area contributed by atoms with E-state index in [4.69, 9.17) is 5.11 Å². The fourth-order valence-corrected chi connectivity index (χ4v) is 1.15. The zero-order valence-corrected chi connectivity index (χ0v) is 5.06. The Morgan fingerprint density at radius 1 is 1.44 bits per heavy atom. The molecule has 0 bridgehead atoms. The van der Waals surface area contributed by atoms with E-state index in [-0.39, 0.29) is 12.5 Å². The van der Waals surface area contributed by atoms with Crippen molar-refractivity contribution in [2.24, 2.45) is 11.8 Å². The number of hydrogen-bond acceptors (Lipinski definition) is 1. The summed E-state index contributed by atoms with van der Waals surface area (Å²) in [6.45, 7) is -0.0744. The molecule has 0 unspecified atom stereocenters. The zero-order valence-electron chi connectivity index (χ0n) is 5.06. The van der Waals surface area contributed by atoms with E-state index >= 15 is 0 Å². The molecule has 1 aliphatic rings. The number of aliphatic hydroxyl groups excluding tert-OH is 1. The average molecular weight is 136 g/mol. The zero-order chi connectivity index (χ0) is 6.85. The van der Waals surface area contributed by atoms with Crippen molar-refractivity contribution in [3.63, 3.8) is 0 Å². The number of aliphatic hydroxyl groups is 1. The molecule has 2 atom stereocenters. The van der Waals surface area contributed by atoms with Crippen LogP contribution in [0.15, 0.2) is 0 Å². The lowest BCUT2D eigenvalue weighted by Gasteiger charge is -2.34. The number of alkyl halides is 2. The molecule has 54 valence electrons. The van der Waals surface area contributed by atoms with Gasteiger partial charge in [0.1, 0.15) is 0 Å². The normalized spacial score (nSPS) is 34.7. The molecule has 9 heavy (non-hydrogen) atoms. The van der Waals surface area contributed by atoms with Crippen molar-refractivity contribution in [1.82, 2.24) is 0 Å². The first kappa shape index (κ1) is 6.93. The number of halogens is 2. The summed E-state index contributed by atoms with van der Waals surface area (Å²) in [6, 6.07) is 0. The van der Waals surface area contributed by atoms with Gasteiger partial charge >= 0.3 is 0 Å². The van der Waals surface area contributed by atoms with Gasteiger partial charge in [-0.2, -0.15) is 0 Å². The second-order valence-electron chi connectivity index (χ2n) is 2.52. The molecule has 0 spiro atoms. The molecule has 1 fully saturated rings. The fraction of sp³-hybridized carbons (Fsp3) is 1.00. The molecule has 0 aliphatic heterocycles. The second kappa shape index (κ2) is 2.60. The summed E-state index contributed by atoms with van der Waals surface area (Å²) >= 11 is 0. The quantitative estimate of drug-likeness (QED) is 0.606. The van der Waals surface area contributed by atoms with Gasteiger partial charge in [-0.05, 0) is 18.8 Å². The Hall–Kier alpha value is -0.180. The first-order chi connectivity index (χ1) is 4.25. The van der Waals surface area contributed by atoms with E-state index < -0.39 is 12.3 Å². The van der Waals surface area contributed by atoms with Gasteiger partial charge in [0, 0.05) is 12.5 Å². The van der Waals surface area contributed by atoms with Gasteiger partial charge in [0.05, 0.1) is 0 Å². The lowest BCUT2D eigenvalue weighted by Crippen LogP contribution is -2.34. The predicted octanol–water partition coefficient (Wildman–Crippen LogP) is 1.27. The van der Waals surface area contributed by atoms with E-state index in [1.165, 1.54) is 0 Å². The van der Waals surface area contributed by atoms with E-state index in [0.717, 1.165) is 6.42 Å². The third-order valence-corrected chi connectivity index (χ3v) is 2.03. The summed E-state index contributed by atoms with van der Waals surface area (Å²) in [5.74, 6) is -0.639. The second-order valence-corrected chi connectivity index (χ2v) is 2.52. The van der Waals surface area contributed by atoms with Crippen LogP contribution in [0.1, 0.15) is 12.8 Å². The minimum Gasteiger partial charge on any atom is -0.396 e. The van der Waals surface area contributed by atoms with Crippen molar-refractivity contribution in [3.8, 4) is 0 Å². The SMILES string of the molecule is OC[C@H]1CC[C@@H]1C(F)F. The molecule has 1 N–H and O–H groups in total. The summed E-state index contributed by atoms with van der Waals surface area (Å²) in [6.07, 6.45) is -0.870. The van der Waals surface area contributed by atoms with Gasteiger partial charge in [-0.15, -0.1) is 0 Å². The minimum atomic E-state index is -2.23. The van der Waals surface area contributed by atoms with Crippen LogP contribution in [0.25, 0.3) is 0 Å². The first-order valence-corrected chi connectivity index (χ1v) is 3.14. The van der Waals surface area contributed by atoms with Crippen molar-refractivity contribution in [1.29, 1.82) is 0 Å². The summed E-state index contributed by atoms with van der Waals surface area (Å²) in [5.41, 5.74) is 0. The van der Waals surface area contributed by atoms with Gasteiger partial charge < -0.3 is 5.11 Å². The molecule has 0 saturated heterocycles. The minimum absolute atomic E-state index is 0.0744. The molecule has 1 saturated carbocycles. The Bertz CT molecular complexity index is 93.1. The maximum atomic E-state index is 11.8. The van der Waals surface area contributed by atoms with Crippen LogP contribution >= 0.6 is 0 Å². The van der Waals surface area contributed by atoms with Crippen molar-refractivity contribution < 1.29 is 13.9 Å². The standard InChI is InChI=1S/C6H10F2O/c7-6(8)5-2-1-4(5)3-9/h4-6,9H,1-3H2/t4-,5+/m1/s1. The lowest BCUT2D eigenvalue weighted by atomic mass is 9.74. The molecule has 0 heterocycles. The largest absolute Gasteiger partial charge is 0.396 e. The summed E-state index contributed by atoms with van der Waals surface area (Å²) in [4.78, 5) is 0. The van der Waals surface area contributed by atoms with Crippen molar-refractivity contribution in [3.05, 3.63) is 0 Å². The Kier molecular flexibility index (Phi) is 2.01. The van der Waals surface area contributed by atoms with Crippen LogP contribution in [0, 0.1) is 11.8 Å². The van der Waals surface area contributed by atoms with Crippen LogP contribution in [0.2, 0.25) is 0 Å². The summed E-state index contributed by atoms with van der Waals surface area (Å²) < 4.78 is 23.6. The molecule has 1 rings (SSSR count). The van der Waals surface area contributed by atoms with E-state index in [1.807, 2.05) is 0 Å². The molecule has 3 heteroatoms. The number of rotatable bonds is 2. The molecule has 0 amide bonds. The maximum Gasteiger partial charge on any atom is 0.241 e. The predicted molar refractivity (Wildman–Crippen MR) is 29.3 cm³/mol. The lowest BCUT2D eigenvalue weighted by molar-refractivity contribution is -0.0327. The third kappa shape index (κ3) is 1.21. The molecule has 0 aromatic heterocycles. The highest BCUT2D eigenvalue weighted by atomic mass is 19.3. The Morgan fingerprint density at radius 3 is 2.22 bits per heavy atom. The van der Waals surface area contributed by atoms with E-state index in [2.05, 4.69) is 0 Å². The van der Waals surface area contributed by atoms with Crippen LogP contribution in [-0.2, 0) is 0 Å². The van der Waals surface area contributed by atoms with Crippen molar-refractivity contribution in [2.75, 3.05) is 6.61 Å². The van der Waals surface area contributed by atoms with E-state index in [1.54, 1.807) is 0 Å². The molecule has 1 aliphatic carbocycles. The highest BCUT2D eigenvalue weighted by Gasteiger charge is 2.36. The van der Waals surface area contributed by atoms with Gasteiger partial charge in [-0.25, -0.2) is 8.78 Å². The molecule has 0 aromatic carbocycles. The molecule has 0 aromatic rings. The molecular formula is C6H10F2O. The van der Waals surface area contributed by atoms with E-state index in [0.29, 0.717) is 6.42 Å². The summed E-state index contributed by atoms with van der Waals surface area (Å²) in [5, 5.41) is 8.47. The van der Waals surface area contributed by atoms with Gasteiger partial charge in [0.15, 0.2) is 0 Å². The monoisotopic (exact) mass is 136 g/mol. The Morgan fingerprint density at radius 2 is 2.11 bits per heavy atom. The highest BCUT2D eigenvalue weighted by molar-refractivity contribution is 4.81. The number of hydrogen-bond donors (Lipinski definition) is 1. The Labute approximate surface area is 52.7 Å². The van der Waals surface area contributed by atoms with Gasteiger partial charge in [0.25, 0.3) is 0 Å². The molecule has 1 nitrogen and oxygen atoms in total. The molecular weight excluding hydrogens is 126 g/mol. The Balaban J connectivity index is 2.27. The van der Waals surface area contributed by atoms with Crippen molar-refractivity contribution >= 4 is 0 Å². The van der Waals surface area contributed by atoms with Crippen molar-refractivity contribution in [2.45, 2.75) is 19.3 Å². The maximum absolute atomic E-state index is 11.8. The molecule has 0 radical (unpaired) electrons. The van der Waals surface area contributed by atoms with E-state index in [9.17, 15) is 8.78 Å². The van der Waals surface area contributed by atoms with Crippen LogP contribution in [-0.4, -0.2) is 18.1 Å². The van der Waals surface area contributed by atoms with Gasteiger partial charge in [0.2, 0.25) is 6.43 Å². The van der Waals surface area contributed by atoms with Gasteiger partial charge in [-0.1, -0.05) is 0 Å².